The number of hydrogen-bond acceptors (Lipinski definition) is 5. The summed E-state index contributed by atoms with van der Waals surface area (Å²) >= 11 is 1.66. The number of carbonyl (C=O) groups is 1. The van der Waals surface area contributed by atoms with E-state index >= 15 is 0 Å². The van der Waals surface area contributed by atoms with E-state index in [0.29, 0.717) is 13.1 Å². The molecule has 156 valence electrons. The van der Waals surface area contributed by atoms with Gasteiger partial charge in [0.2, 0.25) is 0 Å². The Hall–Kier alpha value is -2.64. The summed E-state index contributed by atoms with van der Waals surface area (Å²) in [5.41, 5.74) is 6.17. The number of thiazole rings is 1. The van der Waals surface area contributed by atoms with E-state index in [0.717, 1.165) is 49.2 Å². The lowest BCUT2D eigenvalue weighted by molar-refractivity contribution is 0.173. The summed E-state index contributed by atoms with van der Waals surface area (Å²) in [6.45, 7) is 6.53. The highest BCUT2D eigenvalue weighted by Crippen LogP contribution is 2.50. The van der Waals surface area contributed by atoms with Gasteiger partial charge in [-0.2, -0.15) is 0 Å². The Morgan fingerprint density at radius 1 is 1.20 bits per heavy atom. The number of fused-ring (bicyclic) bond motifs is 4. The number of phenolic OH excluding ortho intramolecular Hbond substituents is 1. The number of phenols is 1. The molecule has 3 aromatic rings. The standard InChI is InChI=1S/C23H26N4O2S/c1-2-26-11-9-23(10-12-26)14-27(18-7-8-19-21(20(18)23)25-15-30-19)22(29)24-13-16-3-5-17(28)6-4-16/h3-8,15,28H,2,9-14H2,1H3,(H,24,29). The molecule has 0 radical (unpaired) electrons. The van der Waals surface area contributed by atoms with Gasteiger partial charge in [-0.25, -0.2) is 9.78 Å². The van der Waals surface area contributed by atoms with Crippen LogP contribution in [-0.4, -0.2) is 47.2 Å². The van der Waals surface area contributed by atoms with Crippen molar-refractivity contribution in [2.75, 3.05) is 31.1 Å². The molecule has 30 heavy (non-hydrogen) atoms. The molecule has 2 aliphatic heterocycles. The molecule has 0 atom stereocenters. The van der Waals surface area contributed by atoms with Crippen LogP contribution < -0.4 is 10.2 Å². The minimum Gasteiger partial charge on any atom is -0.508 e. The molecule has 0 aliphatic carbocycles. The van der Waals surface area contributed by atoms with E-state index < -0.39 is 0 Å². The maximum absolute atomic E-state index is 13.2. The fourth-order valence-electron chi connectivity index (χ4n) is 4.91. The zero-order valence-corrected chi connectivity index (χ0v) is 17.9. The van der Waals surface area contributed by atoms with Crippen molar-refractivity contribution in [3.8, 4) is 5.75 Å². The van der Waals surface area contributed by atoms with Crippen LogP contribution in [0.4, 0.5) is 10.5 Å². The van der Waals surface area contributed by atoms with E-state index in [9.17, 15) is 9.90 Å². The second-order valence-corrected chi connectivity index (χ2v) is 9.17. The van der Waals surface area contributed by atoms with Gasteiger partial charge < -0.3 is 15.3 Å². The number of likely N-dealkylation sites (tertiary alicyclic amines) is 1. The van der Waals surface area contributed by atoms with Crippen LogP contribution in [0.5, 0.6) is 5.75 Å². The number of nitrogens with one attached hydrogen (secondary N) is 1. The Morgan fingerprint density at radius 3 is 2.70 bits per heavy atom. The summed E-state index contributed by atoms with van der Waals surface area (Å²) < 4.78 is 1.19. The number of aromatic nitrogens is 1. The monoisotopic (exact) mass is 422 g/mol. The summed E-state index contributed by atoms with van der Waals surface area (Å²) in [7, 11) is 0. The molecule has 0 saturated carbocycles. The summed E-state index contributed by atoms with van der Waals surface area (Å²) in [4.78, 5) is 22.3. The van der Waals surface area contributed by atoms with Gasteiger partial charge in [0.1, 0.15) is 5.75 Å². The quantitative estimate of drug-likeness (QED) is 0.667. The first kappa shape index (κ1) is 19.3. The predicted octanol–water partition coefficient (Wildman–Crippen LogP) is 4.09. The molecular weight excluding hydrogens is 396 g/mol. The predicted molar refractivity (Wildman–Crippen MR) is 120 cm³/mol. The maximum atomic E-state index is 13.2. The number of carbonyl (C=O) groups excluding carboxylic acids is 1. The van der Waals surface area contributed by atoms with Crippen molar-refractivity contribution in [2.45, 2.75) is 31.7 Å². The van der Waals surface area contributed by atoms with Crippen LogP contribution in [0.25, 0.3) is 10.2 Å². The number of benzene rings is 2. The summed E-state index contributed by atoms with van der Waals surface area (Å²) in [6.07, 6.45) is 2.10. The highest BCUT2D eigenvalue weighted by Gasteiger charge is 2.47. The van der Waals surface area contributed by atoms with Crippen molar-refractivity contribution < 1.29 is 9.90 Å². The Labute approximate surface area is 180 Å². The summed E-state index contributed by atoms with van der Waals surface area (Å²) in [6, 6.07) is 11.0. The smallest absolute Gasteiger partial charge is 0.322 e. The van der Waals surface area contributed by atoms with Crippen molar-refractivity contribution in [3.63, 3.8) is 0 Å². The summed E-state index contributed by atoms with van der Waals surface area (Å²) in [5, 5.41) is 12.5. The molecule has 1 fully saturated rings. The third-order valence-corrected chi connectivity index (χ3v) is 7.44. The number of urea groups is 1. The van der Waals surface area contributed by atoms with Gasteiger partial charge in [-0.15, -0.1) is 11.3 Å². The molecular formula is C23H26N4O2S. The minimum atomic E-state index is -0.0753. The number of hydrogen-bond donors (Lipinski definition) is 2. The average Bonchev–Trinajstić information content (AvgIpc) is 3.37. The van der Waals surface area contributed by atoms with E-state index in [2.05, 4.69) is 29.3 Å². The second kappa shape index (κ2) is 7.56. The summed E-state index contributed by atoms with van der Waals surface area (Å²) in [5.74, 6) is 0.228. The third-order valence-electron chi connectivity index (χ3n) is 6.65. The van der Waals surface area contributed by atoms with Gasteiger partial charge >= 0.3 is 6.03 Å². The van der Waals surface area contributed by atoms with Crippen molar-refractivity contribution in [1.82, 2.24) is 15.2 Å². The molecule has 6 nitrogen and oxygen atoms in total. The van der Waals surface area contributed by atoms with Gasteiger partial charge in [0, 0.05) is 24.1 Å². The van der Waals surface area contributed by atoms with E-state index in [-0.39, 0.29) is 17.2 Å². The van der Waals surface area contributed by atoms with Crippen LogP contribution in [0, 0.1) is 0 Å². The van der Waals surface area contributed by atoms with Crippen LogP contribution >= 0.6 is 11.3 Å². The first-order valence-electron chi connectivity index (χ1n) is 10.5. The number of nitrogens with zero attached hydrogens (tertiary/aromatic N) is 3. The second-order valence-electron chi connectivity index (χ2n) is 8.28. The van der Waals surface area contributed by atoms with E-state index in [4.69, 9.17) is 4.98 Å². The average molecular weight is 423 g/mol. The van der Waals surface area contributed by atoms with Crippen LogP contribution in [0.3, 0.4) is 0 Å². The van der Waals surface area contributed by atoms with Crippen LogP contribution in [-0.2, 0) is 12.0 Å². The molecule has 5 rings (SSSR count). The van der Waals surface area contributed by atoms with Gasteiger partial charge in [-0.1, -0.05) is 19.1 Å². The first-order chi connectivity index (χ1) is 14.6. The van der Waals surface area contributed by atoms with Gasteiger partial charge in [-0.3, -0.25) is 4.90 Å². The maximum Gasteiger partial charge on any atom is 0.322 e. The molecule has 7 heteroatoms. The van der Waals surface area contributed by atoms with Crippen LogP contribution in [0.15, 0.2) is 41.9 Å². The fraction of sp³-hybridized carbons (Fsp3) is 0.391. The van der Waals surface area contributed by atoms with Crippen molar-refractivity contribution >= 4 is 33.3 Å². The number of piperidine rings is 1. The zero-order chi connectivity index (χ0) is 20.7. The van der Waals surface area contributed by atoms with Crippen molar-refractivity contribution in [1.29, 1.82) is 0 Å². The van der Waals surface area contributed by atoms with Gasteiger partial charge in [0.15, 0.2) is 0 Å². The molecule has 2 amide bonds. The molecule has 1 aromatic heterocycles. The number of amides is 2. The van der Waals surface area contributed by atoms with Crippen LogP contribution in [0.1, 0.15) is 30.9 Å². The fourth-order valence-corrected chi connectivity index (χ4v) is 5.59. The van der Waals surface area contributed by atoms with Gasteiger partial charge in [0.05, 0.1) is 21.4 Å². The largest absolute Gasteiger partial charge is 0.508 e. The molecule has 2 aliphatic rings. The molecule has 0 unspecified atom stereocenters. The number of anilines is 1. The Bertz CT molecular complexity index is 1070. The molecule has 2 N–H and O–H groups in total. The Kier molecular flexibility index (Phi) is 4.87. The zero-order valence-electron chi connectivity index (χ0n) is 17.1. The molecule has 0 bridgehead atoms. The van der Waals surface area contributed by atoms with Crippen molar-refractivity contribution in [2.24, 2.45) is 0 Å². The molecule has 3 heterocycles. The SMILES string of the molecule is CCN1CCC2(CC1)CN(C(=O)NCc1ccc(O)cc1)c1ccc3scnc3c12. The Morgan fingerprint density at radius 2 is 1.97 bits per heavy atom. The minimum absolute atomic E-state index is 0.0233. The lowest BCUT2D eigenvalue weighted by Crippen LogP contribution is -2.47. The van der Waals surface area contributed by atoms with E-state index in [1.165, 1.54) is 10.3 Å². The van der Waals surface area contributed by atoms with E-state index in [1.54, 1.807) is 23.5 Å². The molecule has 1 saturated heterocycles. The van der Waals surface area contributed by atoms with E-state index in [1.807, 2.05) is 22.5 Å². The molecule has 1 spiro atoms. The molecule has 2 aromatic carbocycles. The lowest BCUT2D eigenvalue weighted by atomic mass is 9.74. The highest BCUT2D eigenvalue weighted by molar-refractivity contribution is 7.16. The van der Waals surface area contributed by atoms with Crippen molar-refractivity contribution in [3.05, 3.63) is 53.0 Å². The van der Waals surface area contributed by atoms with Gasteiger partial charge in [-0.05, 0) is 62.3 Å². The Balaban J connectivity index is 1.44. The van der Waals surface area contributed by atoms with Crippen LogP contribution in [0.2, 0.25) is 0 Å². The first-order valence-corrected chi connectivity index (χ1v) is 11.4. The normalized spacial score (nSPS) is 18.1. The third kappa shape index (κ3) is 3.22. The highest BCUT2D eigenvalue weighted by atomic mass is 32.1. The lowest BCUT2D eigenvalue weighted by Gasteiger charge is -2.39. The van der Waals surface area contributed by atoms with Gasteiger partial charge in [0.25, 0.3) is 0 Å². The number of rotatable bonds is 3. The topological polar surface area (TPSA) is 68.7 Å². The number of aromatic hydroxyl groups is 1.